The van der Waals surface area contributed by atoms with E-state index in [1.54, 1.807) is 7.11 Å². The molecule has 0 aliphatic carbocycles. The van der Waals surface area contributed by atoms with E-state index in [2.05, 4.69) is 10.3 Å². The number of carbonyl (C=O) groups excluding carboxylic acids is 2. The number of carbonyl (C=O) groups is 2. The first-order chi connectivity index (χ1) is 14.1. The molecule has 6 heteroatoms. The van der Waals surface area contributed by atoms with Gasteiger partial charge >= 0.3 is 0 Å². The minimum absolute atomic E-state index is 0.0105. The lowest BCUT2D eigenvalue weighted by Gasteiger charge is -2.27. The van der Waals surface area contributed by atoms with Gasteiger partial charge in [-0.15, -0.1) is 0 Å². The first-order valence-electron chi connectivity index (χ1n) is 9.99. The van der Waals surface area contributed by atoms with E-state index in [1.807, 2.05) is 47.4 Å². The number of amides is 2. The number of anilines is 1. The molecule has 2 aliphatic rings. The Labute approximate surface area is 168 Å². The van der Waals surface area contributed by atoms with E-state index in [0.717, 1.165) is 34.3 Å². The molecule has 1 atom stereocenters. The number of aromatic amines is 1. The molecule has 5 rings (SSSR count). The molecule has 1 aromatic heterocycles. The zero-order valence-corrected chi connectivity index (χ0v) is 16.3. The standard InChI is InChI=1S/C23H23N3O3/c1-29-14-6-8-20-17(12-14)18-13-26(11-10-21(18)24-20)22(27)9-7-16-15-4-2-3-5-19(15)25-23(16)28/h2-6,8,12,16,24H,7,9-11,13H2,1H3,(H,25,28)/t16-/m1/s1. The van der Waals surface area contributed by atoms with Gasteiger partial charge in [0.25, 0.3) is 0 Å². The first kappa shape index (κ1) is 17.8. The van der Waals surface area contributed by atoms with Crippen molar-refractivity contribution >= 4 is 28.4 Å². The van der Waals surface area contributed by atoms with E-state index < -0.39 is 0 Å². The van der Waals surface area contributed by atoms with Gasteiger partial charge in [0.1, 0.15) is 5.75 Å². The fourth-order valence-electron chi connectivity index (χ4n) is 4.52. The summed E-state index contributed by atoms with van der Waals surface area (Å²) >= 11 is 0. The average Bonchev–Trinajstić information content (AvgIpc) is 3.27. The maximum absolute atomic E-state index is 12.9. The smallest absolute Gasteiger partial charge is 0.232 e. The number of nitrogens with one attached hydrogen (secondary N) is 2. The molecule has 0 saturated heterocycles. The average molecular weight is 389 g/mol. The summed E-state index contributed by atoms with van der Waals surface area (Å²) in [6.45, 7) is 1.29. The van der Waals surface area contributed by atoms with Gasteiger partial charge in [0.2, 0.25) is 11.8 Å². The highest BCUT2D eigenvalue weighted by Crippen LogP contribution is 2.36. The highest BCUT2D eigenvalue weighted by Gasteiger charge is 2.31. The van der Waals surface area contributed by atoms with Crippen LogP contribution in [0.15, 0.2) is 42.5 Å². The van der Waals surface area contributed by atoms with Crippen molar-refractivity contribution in [1.29, 1.82) is 0 Å². The van der Waals surface area contributed by atoms with Crippen molar-refractivity contribution in [2.24, 2.45) is 0 Å². The maximum Gasteiger partial charge on any atom is 0.232 e. The van der Waals surface area contributed by atoms with Crippen LogP contribution in [0.2, 0.25) is 0 Å². The Balaban J connectivity index is 1.30. The molecule has 0 radical (unpaired) electrons. The number of H-pyrrole nitrogens is 1. The number of benzene rings is 2. The van der Waals surface area contributed by atoms with Gasteiger partial charge in [-0.05, 0) is 36.2 Å². The van der Waals surface area contributed by atoms with Crippen LogP contribution in [0.3, 0.4) is 0 Å². The monoisotopic (exact) mass is 389 g/mol. The van der Waals surface area contributed by atoms with Crippen LogP contribution in [0.1, 0.15) is 35.6 Å². The summed E-state index contributed by atoms with van der Waals surface area (Å²) in [5, 5.41) is 4.02. The number of nitrogens with zero attached hydrogens (tertiary/aromatic N) is 1. The summed E-state index contributed by atoms with van der Waals surface area (Å²) in [4.78, 5) is 30.6. The number of hydrogen-bond donors (Lipinski definition) is 2. The number of aromatic nitrogens is 1. The second-order valence-electron chi connectivity index (χ2n) is 7.73. The molecule has 2 aliphatic heterocycles. The summed E-state index contributed by atoms with van der Waals surface area (Å²) in [6, 6.07) is 13.7. The Hall–Kier alpha value is -3.28. The van der Waals surface area contributed by atoms with Crippen LogP contribution in [0.25, 0.3) is 10.9 Å². The number of hydrogen-bond acceptors (Lipinski definition) is 3. The fourth-order valence-corrected chi connectivity index (χ4v) is 4.52. The number of para-hydroxylation sites is 1. The molecule has 0 bridgehead atoms. The molecular weight excluding hydrogens is 366 g/mol. The van der Waals surface area contributed by atoms with Gasteiger partial charge in [-0.25, -0.2) is 0 Å². The molecular formula is C23H23N3O3. The lowest BCUT2D eigenvalue weighted by atomic mass is 9.95. The van der Waals surface area contributed by atoms with E-state index in [4.69, 9.17) is 4.74 Å². The third-order valence-corrected chi connectivity index (χ3v) is 6.09. The van der Waals surface area contributed by atoms with Gasteiger partial charge < -0.3 is 19.9 Å². The highest BCUT2D eigenvalue weighted by atomic mass is 16.5. The molecule has 0 unspecified atom stereocenters. The molecule has 0 fully saturated rings. The van der Waals surface area contributed by atoms with Crippen molar-refractivity contribution in [3.05, 3.63) is 59.3 Å². The molecule has 148 valence electrons. The Bertz CT molecular complexity index is 1120. The second-order valence-corrected chi connectivity index (χ2v) is 7.73. The van der Waals surface area contributed by atoms with E-state index in [0.29, 0.717) is 25.9 Å². The first-order valence-corrected chi connectivity index (χ1v) is 9.99. The van der Waals surface area contributed by atoms with Crippen molar-refractivity contribution in [3.8, 4) is 5.75 Å². The van der Waals surface area contributed by atoms with E-state index in [1.165, 1.54) is 11.3 Å². The normalized spacial score (nSPS) is 17.8. The van der Waals surface area contributed by atoms with E-state index in [9.17, 15) is 9.59 Å². The number of fused-ring (bicyclic) bond motifs is 4. The van der Waals surface area contributed by atoms with Gasteiger partial charge in [-0.3, -0.25) is 9.59 Å². The second kappa shape index (κ2) is 6.95. The summed E-state index contributed by atoms with van der Waals surface area (Å²) < 4.78 is 5.36. The molecule has 29 heavy (non-hydrogen) atoms. The van der Waals surface area contributed by atoms with Gasteiger partial charge in [-0.1, -0.05) is 18.2 Å². The molecule has 2 aromatic carbocycles. The van der Waals surface area contributed by atoms with Gasteiger partial charge in [0, 0.05) is 53.8 Å². The fraction of sp³-hybridized carbons (Fsp3) is 0.304. The molecule has 2 amide bonds. The minimum Gasteiger partial charge on any atom is -0.497 e. The molecule has 0 saturated carbocycles. The maximum atomic E-state index is 12.9. The van der Waals surface area contributed by atoms with Crippen LogP contribution in [-0.4, -0.2) is 35.4 Å². The summed E-state index contributed by atoms with van der Waals surface area (Å²) in [7, 11) is 1.66. The summed E-state index contributed by atoms with van der Waals surface area (Å²) in [6.07, 6.45) is 1.71. The highest BCUT2D eigenvalue weighted by molar-refractivity contribution is 6.03. The van der Waals surface area contributed by atoms with E-state index >= 15 is 0 Å². The Morgan fingerprint density at radius 1 is 1.24 bits per heavy atom. The summed E-state index contributed by atoms with van der Waals surface area (Å²) in [5.41, 5.74) is 5.30. The van der Waals surface area contributed by atoms with E-state index in [-0.39, 0.29) is 17.7 Å². The van der Waals surface area contributed by atoms with Crippen molar-refractivity contribution in [2.45, 2.75) is 31.7 Å². The van der Waals surface area contributed by atoms with Crippen LogP contribution in [0.5, 0.6) is 5.75 Å². The molecule has 3 heterocycles. The summed E-state index contributed by atoms with van der Waals surface area (Å²) in [5.74, 6) is 0.662. The van der Waals surface area contributed by atoms with Crippen LogP contribution >= 0.6 is 0 Å². The Kier molecular flexibility index (Phi) is 4.27. The van der Waals surface area contributed by atoms with Crippen molar-refractivity contribution in [2.75, 3.05) is 19.0 Å². The van der Waals surface area contributed by atoms with Crippen LogP contribution in [-0.2, 0) is 22.6 Å². The quantitative estimate of drug-likeness (QED) is 0.716. The third kappa shape index (κ3) is 3.05. The lowest BCUT2D eigenvalue weighted by molar-refractivity contribution is -0.132. The number of methoxy groups -OCH3 is 1. The zero-order chi connectivity index (χ0) is 20.0. The zero-order valence-electron chi connectivity index (χ0n) is 16.3. The predicted molar refractivity (Wildman–Crippen MR) is 111 cm³/mol. The molecule has 2 N–H and O–H groups in total. The SMILES string of the molecule is COc1ccc2[nH]c3c(c2c1)CN(C(=O)CC[C@H]1C(=O)Nc2ccccc21)CC3. The van der Waals surface area contributed by atoms with Crippen molar-refractivity contribution in [1.82, 2.24) is 9.88 Å². The predicted octanol–water partition coefficient (Wildman–Crippen LogP) is 3.58. The lowest BCUT2D eigenvalue weighted by Crippen LogP contribution is -2.36. The topological polar surface area (TPSA) is 74.4 Å². The van der Waals surface area contributed by atoms with Gasteiger partial charge in [0.15, 0.2) is 0 Å². The molecule has 3 aromatic rings. The number of ether oxygens (including phenoxy) is 1. The third-order valence-electron chi connectivity index (χ3n) is 6.09. The van der Waals surface area contributed by atoms with Crippen LogP contribution in [0, 0.1) is 0 Å². The largest absolute Gasteiger partial charge is 0.497 e. The Morgan fingerprint density at radius 3 is 2.97 bits per heavy atom. The van der Waals surface area contributed by atoms with Crippen molar-refractivity contribution in [3.63, 3.8) is 0 Å². The minimum atomic E-state index is -0.243. The molecule has 0 spiro atoms. The van der Waals surface area contributed by atoms with Crippen molar-refractivity contribution < 1.29 is 14.3 Å². The Morgan fingerprint density at radius 2 is 2.10 bits per heavy atom. The molecule has 6 nitrogen and oxygen atoms in total. The van der Waals surface area contributed by atoms with Gasteiger partial charge in [-0.2, -0.15) is 0 Å². The van der Waals surface area contributed by atoms with Crippen LogP contribution < -0.4 is 10.1 Å². The number of rotatable bonds is 4. The van der Waals surface area contributed by atoms with Gasteiger partial charge in [0.05, 0.1) is 13.0 Å². The van der Waals surface area contributed by atoms with Crippen LogP contribution in [0.4, 0.5) is 5.69 Å².